The maximum Gasteiger partial charge on any atom is 0.281 e. The van der Waals surface area contributed by atoms with Crippen molar-refractivity contribution in [1.82, 2.24) is 14.4 Å². The van der Waals surface area contributed by atoms with Crippen molar-refractivity contribution in [1.29, 1.82) is 0 Å². The number of sulfonamides is 1. The summed E-state index contributed by atoms with van der Waals surface area (Å²) in [7, 11) is -3.86. The summed E-state index contributed by atoms with van der Waals surface area (Å²) in [5.74, 6) is 0. The normalized spacial score (nSPS) is 12.0. The number of aryl methyl sites for hydroxylation is 1. The Morgan fingerprint density at radius 3 is 2.95 bits per heavy atom. The fraction of sp³-hybridized carbons (Fsp3) is 0.0909. The summed E-state index contributed by atoms with van der Waals surface area (Å²) in [6.07, 6.45) is 3.03. The van der Waals surface area contributed by atoms with E-state index in [2.05, 4.69) is 30.6 Å². The van der Waals surface area contributed by atoms with Crippen LogP contribution in [0.3, 0.4) is 0 Å². The summed E-state index contributed by atoms with van der Waals surface area (Å²) >= 11 is 10.5. The molecule has 0 spiro atoms. The number of thiazole rings is 1. The van der Waals surface area contributed by atoms with Crippen LogP contribution in [0, 0.1) is 6.92 Å². The summed E-state index contributed by atoms with van der Waals surface area (Å²) in [5, 5.41) is 1.60. The summed E-state index contributed by atoms with van der Waals surface area (Å²) < 4.78 is 29.6. The van der Waals surface area contributed by atoms with Crippen molar-refractivity contribution >= 4 is 59.5 Å². The van der Waals surface area contributed by atoms with Gasteiger partial charge in [-0.2, -0.15) is 8.42 Å². The van der Waals surface area contributed by atoms with Crippen LogP contribution in [-0.2, 0) is 10.0 Å². The fourth-order valence-corrected chi connectivity index (χ4v) is 4.50. The molecular formula is C11H8BrClN4O2S2. The second-order valence-electron chi connectivity index (χ2n) is 4.20. The molecule has 0 atom stereocenters. The third kappa shape index (κ3) is 2.66. The van der Waals surface area contributed by atoms with E-state index in [0.717, 1.165) is 5.56 Å². The molecule has 0 bridgehead atoms. The number of aromatic nitrogens is 3. The van der Waals surface area contributed by atoms with E-state index in [0.29, 0.717) is 15.3 Å². The number of nitrogens with one attached hydrogen (secondary N) is 1. The Morgan fingerprint density at radius 2 is 2.24 bits per heavy atom. The molecule has 110 valence electrons. The molecule has 0 saturated heterocycles. The fourth-order valence-electron chi connectivity index (χ4n) is 1.80. The van der Waals surface area contributed by atoms with Crippen LogP contribution >= 0.6 is 38.9 Å². The van der Waals surface area contributed by atoms with Gasteiger partial charge in [0.2, 0.25) is 0 Å². The molecule has 10 heteroatoms. The molecule has 0 unspecified atom stereocenters. The van der Waals surface area contributed by atoms with Crippen molar-refractivity contribution in [3.8, 4) is 0 Å². The van der Waals surface area contributed by atoms with Crippen molar-refractivity contribution < 1.29 is 8.42 Å². The molecule has 0 saturated carbocycles. The van der Waals surface area contributed by atoms with E-state index in [4.69, 9.17) is 11.6 Å². The maximum absolute atomic E-state index is 12.5. The Labute approximate surface area is 138 Å². The Kier molecular flexibility index (Phi) is 3.68. The maximum atomic E-state index is 12.5. The highest BCUT2D eigenvalue weighted by Crippen LogP contribution is 2.27. The minimum atomic E-state index is -3.86. The SMILES string of the molecule is Cc1cc(NS(=O)(=O)c2c(Cl)nc3sccn23)cnc1Br. The van der Waals surface area contributed by atoms with Crippen LogP contribution in [0.5, 0.6) is 0 Å². The summed E-state index contributed by atoms with van der Waals surface area (Å²) in [6, 6.07) is 1.67. The Balaban J connectivity index is 2.06. The number of pyridine rings is 1. The lowest BCUT2D eigenvalue weighted by molar-refractivity contribution is 0.596. The zero-order valence-corrected chi connectivity index (χ0v) is 14.5. The number of hydrogen-bond donors (Lipinski definition) is 1. The van der Waals surface area contributed by atoms with Crippen LogP contribution in [0.15, 0.2) is 33.5 Å². The second kappa shape index (κ2) is 5.24. The standard InChI is InChI=1S/C11H8BrClN4O2S2/c1-6-4-7(5-14-8(6)12)16-21(18,19)10-9(13)15-11-17(10)2-3-20-11/h2-5,16H,1H3. The van der Waals surface area contributed by atoms with Crippen LogP contribution in [0.1, 0.15) is 5.56 Å². The van der Waals surface area contributed by atoms with Gasteiger partial charge in [-0.25, -0.2) is 9.97 Å². The predicted octanol–water partition coefficient (Wildman–Crippen LogP) is 3.32. The monoisotopic (exact) mass is 406 g/mol. The van der Waals surface area contributed by atoms with Crippen LogP contribution in [-0.4, -0.2) is 22.8 Å². The van der Waals surface area contributed by atoms with E-state index < -0.39 is 10.0 Å². The molecule has 0 aliphatic rings. The largest absolute Gasteiger partial charge is 0.281 e. The van der Waals surface area contributed by atoms with Crippen molar-refractivity contribution in [3.05, 3.63) is 39.2 Å². The average Bonchev–Trinajstić information content (AvgIpc) is 2.92. The van der Waals surface area contributed by atoms with Gasteiger partial charge < -0.3 is 0 Å². The molecule has 0 aliphatic heterocycles. The topological polar surface area (TPSA) is 76.4 Å². The third-order valence-corrected chi connectivity index (χ3v) is 6.07. The van der Waals surface area contributed by atoms with Crippen LogP contribution < -0.4 is 4.72 Å². The summed E-state index contributed by atoms with van der Waals surface area (Å²) in [5.41, 5.74) is 1.17. The zero-order valence-electron chi connectivity index (χ0n) is 10.5. The molecule has 3 heterocycles. The Bertz CT molecular complexity index is 935. The predicted molar refractivity (Wildman–Crippen MR) is 85.6 cm³/mol. The summed E-state index contributed by atoms with van der Waals surface area (Å²) in [4.78, 5) is 8.59. The van der Waals surface area contributed by atoms with Gasteiger partial charge in [0, 0.05) is 11.6 Å². The van der Waals surface area contributed by atoms with E-state index in [9.17, 15) is 8.42 Å². The second-order valence-corrected chi connectivity index (χ2v) is 7.78. The average molecular weight is 408 g/mol. The number of imidazole rings is 1. The van der Waals surface area contributed by atoms with Gasteiger partial charge in [0.05, 0.1) is 11.9 Å². The highest BCUT2D eigenvalue weighted by atomic mass is 79.9. The van der Waals surface area contributed by atoms with Crippen LogP contribution in [0.4, 0.5) is 5.69 Å². The Morgan fingerprint density at radius 1 is 1.48 bits per heavy atom. The molecule has 1 N–H and O–H groups in total. The first-order valence-electron chi connectivity index (χ1n) is 5.64. The zero-order chi connectivity index (χ0) is 15.2. The van der Waals surface area contributed by atoms with E-state index >= 15 is 0 Å². The third-order valence-electron chi connectivity index (χ3n) is 2.70. The van der Waals surface area contributed by atoms with E-state index in [1.165, 1.54) is 21.9 Å². The number of halogens is 2. The van der Waals surface area contributed by atoms with Gasteiger partial charge in [0.15, 0.2) is 15.1 Å². The molecule has 0 amide bonds. The number of hydrogen-bond acceptors (Lipinski definition) is 5. The number of nitrogens with zero attached hydrogens (tertiary/aromatic N) is 3. The first-order chi connectivity index (χ1) is 9.88. The van der Waals surface area contributed by atoms with Gasteiger partial charge in [-0.15, -0.1) is 11.3 Å². The molecule has 0 aromatic carbocycles. The highest BCUT2D eigenvalue weighted by Gasteiger charge is 2.25. The number of rotatable bonds is 3. The molecule has 0 aliphatic carbocycles. The first kappa shape index (κ1) is 14.8. The van der Waals surface area contributed by atoms with Gasteiger partial charge in [-0.05, 0) is 34.5 Å². The van der Waals surface area contributed by atoms with E-state index in [-0.39, 0.29) is 10.2 Å². The van der Waals surface area contributed by atoms with Crippen molar-refractivity contribution in [2.24, 2.45) is 0 Å². The summed E-state index contributed by atoms with van der Waals surface area (Å²) in [6.45, 7) is 1.82. The molecule has 3 aromatic rings. The molecule has 0 fully saturated rings. The lowest BCUT2D eigenvalue weighted by Gasteiger charge is -2.08. The quantitative estimate of drug-likeness (QED) is 0.676. The molecule has 21 heavy (non-hydrogen) atoms. The highest BCUT2D eigenvalue weighted by molar-refractivity contribution is 9.10. The lowest BCUT2D eigenvalue weighted by Crippen LogP contribution is -2.15. The molecule has 3 rings (SSSR count). The van der Waals surface area contributed by atoms with Gasteiger partial charge in [-0.3, -0.25) is 9.12 Å². The minimum Gasteiger partial charge on any atom is -0.278 e. The molecule has 3 aromatic heterocycles. The van der Waals surface area contributed by atoms with Crippen LogP contribution in [0.25, 0.3) is 4.96 Å². The van der Waals surface area contributed by atoms with Crippen molar-refractivity contribution in [3.63, 3.8) is 0 Å². The molecular weight excluding hydrogens is 400 g/mol. The Hall–Kier alpha value is -1.16. The van der Waals surface area contributed by atoms with Crippen molar-refractivity contribution in [2.45, 2.75) is 11.9 Å². The van der Waals surface area contributed by atoms with Crippen molar-refractivity contribution in [2.75, 3.05) is 4.72 Å². The molecule has 0 radical (unpaired) electrons. The van der Waals surface area contributed by atoms with E-state index in [1.54, 1.807) is 17.6 Å². The van der Waals surface area contributed by atoms with Gasteiger partial charge in [-0.1, -0.05) is 11.6 Å². The van der Waals surface area contributed by atoms with Crippen LogP contribution in [0.2, 0.25) is 5.15 Å². The van der Waals surface area contributed by atoms with Gasteiger partial charge in [0.1, 0.15) is 4.60 Å². The first-order valence-corrected chi connectivity index (χ1v) is 9.18. The van der Waals surface area contributed by atoms with E-state index in [1.807, 2.05) is 6.92 Å². The number of fused-ring (bicyclic) bond motifs is 1. The number of anilines is 1. The lowest BCUT2D eigenvalue weighted by atomic mass is 10.3. The van der Waals surface area contributed by atoms with Gasteiger partial charge in [0.25, 0.3) is 10.0 Å². The van der Waals surface area contributed by atoms with Gasteiger partial charge >= 0.3 is 0 Å². The minimum absolute atomic E-state index is 0.0591. The smallest absolute Gasteiger partial charge is 0.278 e. The molecule has 6 nitrogen and oxygen atoms in total.